The Balaban J connectivity index is 0.000000129. The van der Waals surface area contributed by atoms with E-state index in [1.807, 2.05) is 18.3 Å². The van der Waals surface area contributed by atoms with Crippen LogP contribution in [0.25, 0.3) is 0 Å². The number of carbonyl (C=O) groups excluding carboxylic acids is 3. The molecule has 26 atom stereocenters. The molecule has 0 bridgehead atoms. The summed E-state index contributed by atoms with van der Waals surface area (Å²) in [6.07, 6.45) is 35.3. The third-order valence-corrected chi connectivity index (χ3v) is 33.9. The molecule has 13 nitrogen and oxygen atoms in total. The van der Waals surface area contributed by atoms with Crippen molar-refractivity contribution in [3.05, 3.63) is 12.4 Å². The molecule has 95 heavy (non-hydrogen) atoms. The first kappa shape index (κ1) is 71.5. The van der Waals surface area contributed by atoms with Crippen LogP contribution in [0.4, 0.5) is 0 Å². The van der Waals surface area contributed by atoms with Gasteiger partial charge in [0.05, 0.1) is 42.3 Å². The number of nitrogens with zero attached hydrogens (tertiary/aromatic N) is 5. The molecule has 4 N–H and O–H groups in total. The average Bonchev–Trinajstić information content (AvgIpc) is 1.68. The molecular formula is C81H136N6O7S. The van der Waals surface area contributed by atoms with E-state index in [9.17, 15) is 33.9 Å². The Hall–Kier alpha value is -1.91. The lowest BCUT2D eigenvalue weighted by molar-refractivity contribution is -0.134. The zero-order valence-electron chi connectivity index (χ0n) is 61.5. The summed E-state index contributed by atoms with van der Waals surface area (Å²) < 4.78 is 14.2. The minimum absolute atomic E-state index is 0.179. The van der Waals surface area contributed by atoms with Crippen LogP contribution in [0.1, 0.15) is 228 Å². The van der Waals surface area contributed by atoms with E-state index in [0.717, 1.165) is 212 Å². The first-order chi connectivity index (χ1) is 45.0. The van der Waals surface area contributed by atoms with Crippen molar-refractivity contribution >= 4 is 32.9 Å². The summed E-state index contributed by atoms with van der Waals surface area (Å²) >= 11 is 0. The van der Waals surface area contributed by atoms with Gasteiger partial charge in [-0.25, -0.2) is 4.31 Å². The summed E-state index contributed by atoms with van der Waals surface area (Å²) in [5, 5.41) is 35.0. The van der Waals surface area contributed by atoms with E-state index in [2.05, 4.69) is 78.9 Å². The van der Waals surface area contributed by atoms with Gasteiger partial charge >= 0.3 is 0 Å². The second-order valence-corrected chi connectivity index (χ2v) is 40.6. The number of ketones is 3. The van der Waals surface area contributed by atoms with E-state index in [4.69, 9.17) is 0 Å². The van der Waals surface area contributed by atoms with Gasteiger partial charge in [0.1, 0.15) is 17.3 Å². The summed E-state index contributed by atoms with van der Waals surface area (Å²) in [5.74, 6) is 19.8. The fourth-order valence-corrected chi connectivity index (χ4v) is 28.5. The Morgan fingerprint density at radius 2 is 0.768 bits per heavy atom. The SMILES string of the molecule is C=C(NC)N1CCN(CC(=O)[C@H]2CC[C@H]3[C@@H]4CC[C@@H]5C[C@](C)(O)CC[C@@H]5[C@H]4CC[C@]23C)CC1.C=S(C)(=O)N1CCN(CC(=O)[C@H]2CC[C@H]3[C@@H]4CC[C@@H]5C[C@](C)(O)CC[C@@H]5[C@H]4CC[C@]23C)CC1.CC1CCN(CC(=O)[C@H]2CC[C@H]3[C@@H]4CC[C@H]5C[C@](C)(O)CC[C@@H]5[C@H]4CC[C@]23C)C1. The van der Waals surface area contributed by atoms with Crippen molar-refractivity contribution in [1.29, 1.82) is 0 Å². The maximum atomic E-state index is 13.6. The third kappa shape index (κ3) is 14.4. The molecule has 3 heterocycles. The molecule has 15 fully saturated rings. The molecule has 0 radical (unpaired) electrons. The van der Waals surface area contributed by atoms with Crippen molar-refractivity contribution in [1.82, 2.24) is 29.2 Å². The van der Waals surface area contributed by atoms with Crippen LogP contribution < -0.4 is 5.32 Å². The number of hydrogen-bond acceptors (Lipinski definition) is 12. The number of rotatable bonds is 12. The first-order valence-electron chi connectivity index (χ1n) is 40.1. The van der Waals surface area contributed by atoms with Crippen molar-refractivity contribution in [3.63, 3.8) is 0 Å². The first-order valence-corrected chi connectivity index (χ1v) is 42.2. The minimum Gasteiger partial charge on any atom is -0.390 e. The topological polar surface area (TPSA) is 157 Å². The molecule has 3 saturated heterocycles. The zero-order chi connectivity index (χ0) is 67.4. The highest BCUT2D eigenvalue weighted by Gasteiger charge is 2.63. The van der Waals surface area contributed by atoms with E-state index in [-0.39, 0.29) is 28.1 Å². The van der Waals surface area contributed by atoms with Crippen LogP contribution in [0.3, 0.4) is 0 Å². The average molecular weight is 1340 g/mol. The van der Waals surface area contributed by atoms with Crippen molar-refractivity contribution < 1.29 is 33.9 Å². The van der Waals surface area contributed by atoms with E-state index >= 15 is 0 Å². The van der Waals surface area contributed by atoms with Gasteiger partial charge in [0.25, 0.3) is 0 Å². The molecule has 0 aromatic rings. The van der Waals surface area contributed by atoms with Gasteiger partial charge in [0.15, 0.2) is 0 Å². The normalized spacial score (nSPS) is 48.7. The zero-order valence-corrected chi connectivity index (χ0v) is 62.3. The van der Waals surface area contributed by atoms with Crippen LogP contribution in [0, 0.1) is 129 Å². The summed E-state index contributed by atoms with van der Waals surface area (Å²) in [7, 11) is -0.213. The molecule has 15 aliphatic rings. The van der Waals surface area contributed by atoms with Crippen molar-refractivity contribution in [3.8, 4) is 0 Å². The Morgan fingerprint density at radius 1 is 0.432 bits per heavy atom. The predicted molar refractivity (Wildman–Crippen MR) is 384 cm³/mol. The maximum Gasteiger partial charge on any atom is 0.150 e. The number of fused-ring (bicyclic) bond motifs is 15. The summed E-state index contributed by atoms with van der Waals surface area (Å²) in [5.41, 5.74) is -0.653. The van der Waals surface area contributed by atoms with Crippen LogP contribution in [-0.2, 0) is 24.1 Å². The Kier molecular flexibility index (Phi) is 20.8. The molecule has 0 aromatic heterocycles. The molecule has 12 aliphatic carbocycles. The molecule has 0 amide bonds. The number of piperazine rings is 2. The second-order valence-electron chi connectivity index (χ2n) is 38.2. The van der Waals surface area contributed by atoms with Gasteiger partial charge in [-0.2, -0.15) is 0 Å². The van der Waals surface area contributed by atoms with Gasteiger partial charge < -0.3 is 25.5 Å². The molecule has 0 aromatic carbocycles. The number of carbonyl (C=O) groups is 3. The molecule has 2 unspecified atom stereocenters. The van der Waals surface area contributed by atoms with E-state index in [1.54, 1.807) is 6.26 Å². The lowest BCUT2D eigenvalue weighted by Crippen LogP contribution is -2.52. The maximum absolute atomic E-state index is 13.6. The summed E-state index contributed by atoms with van der Waals surface area (Å²) in [4.78, 5) is 49.9. The number of nitrogens with one attached hydrogen (secondary N) is 1. The molecule has 15 rings (SSSR count). The smallest absolute Gasteiger partial charge is 0.150 e. The highest BCUT2D eigenvalue weighted by molar-refractivity contribution is 7.97. The molecular weight excluding hydrogens is 1200 g/mol. The quantitative estimate of drug-likeness (QED) is 0.137. The van der Waals surface area contributed by atoms with Gasteiger partial charge in [0, 0.05) is 99.7 Å². The number of aliphatic hydroxyl groups is 3. The molecule has 0 spiro atoms. The Labute approximate surface area is 577 Å². The summed E-state index contributed by atoms with van der Waals surface area (Å²) in [6.45, 7) is 31.1. The highest BCUT2D eigenvalue weighted by atomic mass is 32.2. The van der Waals surface area contributed by atoms with E-state index in [1.165, 1.54) is 122 Å². The Morgan fingerprint density at radius 3 is 1.09 bits per heavy atom. The molecule has 3 aliphatic heterocycles. The van der Waals surface area contributed by atoms with Crippen LogP contribution in [0.2, 0.25) is 0 Å². The van der Waals surface area contributed by atoms with Gasteiger partial charge in [-0.05, 0) is 324 Å². The van der Waals surface area contributed by atoms with Gasteiger partial charge in [-0.1, -0.05) is 34.3 Å². The van der Waals surface area contributed by atoms with E-state index < -0.39 is 26.5 Å². The summed E-state index contributed by atoms with van der Waals surface area (Å²) in [6, 6.07) is 0. The fourth-order valence-electron chi connectivity index (χ4n) is 27.6. The minimum atomic E-state index is -2.14. The largest absolute Gasteiger partial charge is 0.390 e. The molecule has 14 heteroatoms. The Bertz CT molecular complexity index is 2860. The second kappa shape index (κ2) is 27.7. The van der Waals surface area contributed by atoms with E-state index in [0.29, 0.717) is 54.7 Å². The number of likely N-dealkylation sites (tertiary alicyclic amines) is 1. The lowest BCUT2D eigenvalue weighted by Gasteiger charge is -2.57. The van der Waals surface area contributed by atoms with Crippen LogP contribution in [-0.4, -0.2) is 182 Å². The predicted octanol–water partition coefficient (Wildman–Crippen LogP) is 12.3. The third-order valence-electron chi connectivity index (χ3n) is 32.4. The monoisotopic (exact) mass is 1340 g/mol. The van der Waals surface area contributed by atoms with Crippen molar-refractivity contribution in [2.45, 2.75) is 245 Å². The van der Waals surface area contributed by atoms with Crippen molar-refractivity contribution in [2.24, 2.45) is 129 Å². The lowest BCUT2D eigenvalue weighted by atomic mass is 9.49. The van der Waals surface area contributed by atoms with Gasteiger partial charge in [0.2, 0.25) is 0 Å². The standard InChI is InChI=1S/C28H47N3O2.C27H46N2O3S.C26H43NO2/c1-19(29-4)31-15-13-30(14-16-31)18-26(32)25-8-7-24-23-6-5-20-17-27(2,33)11-9-21(20)22(23)10-12-28(24,25)3;1-26(31)11-9-20-19(17-26)5-6-22-21(20)10-12-27(2)23(22)7-8-24(27)25(30)18-28-13-15-29(16-14-28)33(3,4)32;1-17-10-13-27(15-17)16-24(28)23-7-6-22-21-5-4-18-14-25(2,29)11-8-19(18)20(21)9-12-26(22,23)3/h20-25,29,33H,1,5-18H2,2-4H3;19-24,31H,3,5-18H2,1-2,4H3;17-23,29H,4-16H2,1-3H3/t20-,21+,22-,23-,24+,25-,27-,28+;19-,20+,21-,22-,23+,24-,26-,27+,33?;17?,18-,19-,20+,21+,22-,23+,25+,26-/m110/s1. The van der Waals surface area contributed by atoms with Crippen molar-refractivity contribution in [2.75, 3.05) is 98.4 Å². The fraction of sp³-hybridized carbons (Fsp3) is 0.926. The molecule has 538 valence electrons. The van der Waals surface area contributed by atoms with Crippen LogP contribution >= 0.6 is 0 Å². The number of hydrogen-bond donors (Lipinski definition) is 4. The molecule has 12 saturated carbocycles. The van der Waals surface area contributed by atoms with Crippen LogP contribution in [0.5, 0.6) is 0 Å². The number of Topliss-reactive ketones (excluding diaryl/α,β-unsaturated/α-hetero) is 3. The van der Waals surface area contributed by atoms with Gasteiger partial charge in [-0.15, -0.1) is 0 Å². The highest BCUT2D eigenvalue weighted by Crippen LogP contribution is 2.68. The van der Waals surface area contributed by atoms with Crippen LogP contribution in [0.15, 0.2) is 12.4 Å². The van der Waals surface area contributed by atoms with Gasteiger partial charge in [-0.3, -0.25) is 33.3 Å².